The Morgan fingerprint density at radius 2 is 1.54 bits per heavy atom. The third-order valence-electron chi connectivity index (χ3n) is 5.15. The molecule has 3 rings (SSSR count). The van der Waals surface area contributed by atoms with Gasteiger partial charge in [-0.1, -0.05) is 0 Å². The van der Waals surface area contributed by atoms with Crippen LogP contribution in [0.3, 0.4) is 0 Å². The number of sulfonamides is 1. The van der Waals surface area contributed by atoms with Crippen molar-refractivity contribution in [2.75, 3.05) is 37.5 Å². The van der Waals surface area contributed by atoms with Gasteiger partial charge in [0.1, 0.15) is 18.1 Å². The lowest BCUT2D eigenvalue weighted by Crippen LogP contribution is -2.38. The number of nitrogens with zero attached hydrogens (tertiary/aromatic N) is 1. The summed E-state index contributed by atoms with van der Waals surface area (Å²) >= 11 is 0. The van der Waals surface area contributed by atoms with Crippen LogP contribution in [0.4, 0.5) is 28.9 Å². The summed E-state index contributed by atoms with van der Waals surface area (Å²) in [5, 5.41) is 2.19. The maximum Gasteiger partial charge on any atom is 0.419 e. The third kappa shape index (κ3) is 6.23. The molecule has 0 aliphatic carbocycles. The van der Waals surface area contributed by atoms with Gasteiger partial charge in [-0.2, -0.15) is 13.2 Å². The minimum absolute atomic E-state index is 0.0702. The number of hydrogen-bond donors (Lipinski definition) is 1. The van der Waals surface area contributed by atoms with Gasteiger partial charge in [-0.15, -0.1) is 0 Å². The fraction of sp³-hybridized carbons (Fsp3) is 0.208. The number of halogens is 4. The van der Waals surface area contributed by atoms with E-state index in [9.17, 15) is 30.8 Å². The van der Waals surface area contributed by atoms with Gasteiger partial charge in [0.2, 0.25) is 5.91 Å². The maximum atomic E-state index is 13.6. The highest BCUT2D eigenvalue weighted by molar-refractivity contribution is 7.92. The molecule has 1 N–H and O–H groups in total. The van der Waals surface area contributed by atoms with Crippen molar-refractivity contribution >= 4 is 27.3 Å². The van der Waals surface area contributed by atoms with Gasteiger partial charge in [-0.05, 0) is 54.6 Å². The Kier molecular flexibility index (Phi) is 8.16. The lowest BCUT2D eigenvalue weighted by atomic mass is 10.2. The summed E-state index contributed by atoms with van der Waals surface area (Å²) in [4.78, 5) is 12.6. The fourth-order valence-electron chi connectivity index (χ4n) is 3.32. The molecule has 3 aromatic rings. The number of ether oxygens (including phenoxy) is 3. The van der Waals surface area contributed by atoms with Crippen LogP contribution in [-0.2, 0) is 21.0 Å². The van der Waals surface area contributed by atoms with Gasteiger partial charge in [-0.25, -0.2) is 12.8 Å². The van der Waals surface area contributed by atoms with Gasteiger partial charge in [0.25, 0.3) is 10.0 Å². The van der Waals surface area contributed by atoms with Gasteiger partial charge in [0.15, 0.2) is 11.5 Å². The number of anilines is 2. The number of rotatable bonds is 9. The van der Waals surface area contributed by atoms with E-state index in [1.165, 1.54) is 63.8 Å². The predicted molar refractivity (Wildman–Crippen MR) is 127 cm³/mol. The zero-order chi connectivity index (χ0) is 27.4. The first-order valence-corrected chi connectivity index (χ1v) is 11.9. The first kappa shape index (κ1) is 27.6. The van der Waals surface area contributed by atoms with Crippen molar-refractivity contribution in [3.8, 4) is 17.2 Å². The van der Waals surface area contributed by atoms with E-state index in [1.807, 2.05) is 0 Å². The highest BCUT2D eigenvalue weighted by atomic mass is 32.2. The van der Waals surface area contributed by atoms with Crippen LogP contribution in [0.15, 0.2) is 65.6 Å². The van der Waals surface area contributed by atoms with E-state index in [-0.39, 0.29) is 27.8 Å². The summed E-state index contributed by atoms with van der Waals surface area (Å²) in [6, 6.07) is 11.5. The molecule has 37 heavy (non-hydrogen) atoms. The van der Waals surface area contributed by atoms with E-state index in [2.05, 4.69) is 5.32 Å². The minimum atomic E-state index is -4.99. The van der Waals surface area contributed by atoms with Crippen molar-refractivity contribution in [3.63, 3.8) is 0 Å². The van der Waals surface area contributed by atoms with Crippen molar-refractivity contribution in [2.24, 2.45) is 0 Å². The van der Waals surface area contributed by atoms with Crippen LogP contribution in [0.1, 0.15) is 5.56 Å². The zero-order valence-corrected chi connectivity index (χ0v) is 20.6. The third-order valence-corrected chi connectivity index (χ3v) is 6.92. The number of benzene rings is 3. The van der Waals surface area contributed by atoms with E-state index in [0.717, 1.165) is 10.4 Å². The summed E-state index contributed by atoms with van der Waals surface area (Å²) < 4.78 is 96.1. The van der Waals surface area contributed by atoms with Crippen molar-refractivity contribution in [3.05, 3.63) is 72.0 Å². The van der Waals surface area contributed by atoms with Gasteiger partial charge in [0.05, 0.1) is 37.5 Å². The molecule has 0 bridgehead atoms. The van der Waals surface area contributed by atoms with E-state index >= 15 is 0 Å². The molecule has 8 nitrogen and oxygen atoms in total. The average Bonchev–Trinajstić information content (AvgIpc) is 2.87. The van der Waals surface area contributed by atoms with Crippen molar-refractivity contribution in [1.29, 1.82) is 0 Å². The molecule has 0 heterocycles. The molecule has 13 heteroatoms. The Labute approximate surface area is 210 Å². The second kappa shape index (κ2) is 10.9. The lowest BCUT2D eigenvalue weighted by molar-refractivity contribution is -0.140. The number of methoxy groups -OCH3 is 3. The molecule has 0 saturated heterocycles. The molecule has 3 aromatic carbocycles. The molecule has 198 valence electrons. The largest absolute Gasteiger partial charge is 0.497 e. The second-order valence-electron chi connectivity index (χ2n) is 7.47. The van der Waals surface area contributed by atoms with Crippen LogP contribution in [0.25, 0.3) is 0 Å². The summed E-state index contributed by atoms with van der Waals surface area (Å²) in [5.41, 5.74) is -1.87. The van der Waals surface area contributed by atoms with Gasteiger partial charge >= 0.3 is 6.18 Å². The van der Waals surface area contributed by atoms with Crippen molar-refractivity contribution in [1.82, 2.24) is 0 Å². The van der Waals surface area contributed by atoms with Crippen LogP contribution in [0.5, 0.6) is 17.2 Å². The molecule has 0 saturated carbocycles. The van der Waals surface area contributed by atoms with E-state index < -0.39 is 40.0 Å². The molecule has 0 aromatic heterocycles. The maximum absolute atomic E-state index is 13.6. The molecule has 0 radical (unpaired) electrons. The first-order chi connectivity index (χ1) is 17.4. The number of nitrogens with one attached hydrogen (secondary N) is 1. The van der Waals surface area contributed by atoms with E-state index in [0.29, 0.717) is 17.9 Å². The van der Waals surface area contributed by atoms with Crippen LogP contribution in [0.2, 0.25) is 0 Å². The number of alkyl halides is 3. The summed E-state index contributed by atoms with van der Waals surface area (Å²) in [5.74, 6) is -1.68. The summed E-state index contributed by atoms with van der Waals surface area (Å²) in [6.45, 7) is -0.818. The highest BCUT2D eigenvalue weighted by Crippen LogP contribution is 2.34. The molecule has 1 amide bonds. The number of carbonyl (C=O) groups is 1. The van der Waals surface area contributed by atoms with E-state index in [4.69, 9.17) is 14.2 Å². The molecule has 0 aliphatic heterocycles. The Bertz CT molecular complexity index is 1380. The second-order valence-corrected chi connectivity index (χ2v) is 9.33. The number of carbonyl (C=O) groups excluding carboxylic acids is 1. The fourth-order valence-corrected chi connectivity index (χ4v) is 4.76. The monoisotopic (exact) mass is 542 g/mol. The Balaban J connectivity index is 1.99. The summed E-state index contributed by atoms with van der Waals surface area (Å²) in [7, 11) is -0.290. The Morgan fingerprint density at radius 3 is 2.11 bits per heavy atom. The summed E-state index contributed by atoms with van der Waals surface area (Å²) in [6.07, 6.45) is -4.99. The topological polar surface area (TPSA) is 94.2 Å². The number of amides is 1. The van der Waals surface area contributed by atoms with Crippen LogP contribution in [0, 0.1) is 5.82 Å². The Hall–Kier alpha value is -4.00. The smallest absolute Gasteiger partial charge is 0.419 e. The van der Waals surface area contributed by atoms with Crippen molar-refractivity contribution in [2.45, 2.75) is 11.1 Å². The average molecular weight is 543 g/mol. The molecule has 0 unspecified atom stereocenters. The first-order valence-electron chi connectivity index (χ1n) is 10.5. The lowest BCUT2D eigenvalue weighted by Gasteiger charge is -2.25. The molecular weight excluding hydrogens is 520 g/mol. The normalized spacial score (nSPS) is 11.5. The van der Waals surface area contributed by atoms with Gasteiger partial charge in [0, 0.05) is 11.8 Å². The Morgan fingerprint density at radius 1 is 0.892 bits per heavy atom. The molecular formula is C24H22F4N2O6S. The van der Waals surface area contributed by atoms with Crippen LogP contribution in [-0.4, -0.2) is 42.2 Å². The molecule has 0 fully saturated rings. The SMILES string of the molecule is COc1ccc(N(CC(=O)Nc2ccc(F)c(C(F)(F)F)c2)S(=O)(=O)c2ccc(OC)c(OC)c2)cc1. The zero-order valence-electron chi connectivity index (χ0n) is 19.8. The quantitative estimate of drug-likeness (QED) is 0.394. The minimum Gasteiger partial charge on any atom is -0.497 e. The predicted octanol–water partition coefficient (Wildman–Crippen LogP) is 4.70. The highest BCUT2D eigenvalue weighted by Gasteiger charge is 2.34. The van der Waals surface area contributed by atoms with Gasteiger partial charge < -0.3 is 19.5 Å². The van der Waals surface area contributed by atoms with Gasteiger partial charge in [-0.3, -0.25) is 9.10 Å². The van der Waals surface area contributed by atoms with E-state index in [1.54, 1.807) is 0 Å². The molecule has 0 spiro atoms. The van der Waals surface area contributed by atoms with Crippen LogP contribution >= 0.6 is 0 Å². The number of hydrogen-bond acceptors (Lipinski definition) is 6. The standard InChI is InChI=1S/C24H22F4N2O6S/c1-34-17-7-5-16(6-8-17)30(37(32,33)18-9-11-21(35-2)22(13-18)36-3)14-23(31)29-15-4-10-20(25)19(12-15)24(26,27)28/h4-13H,14H2,1-3H3,(H,29,31). The van der Waals surface area contributed by atoms with Crippen LogP contribution < -0.4 is 23.8 Å². The molecule has 0 atom stereocenters. The van der Waals surface area contributed by atoms with Crippen molar-refractivity contribution < 1.29 is 45.0 Å². The molecule has 0 aliphatic rings.